The predicted molar refractivity (Wildman–Crippen MR) is 80.7 cm³/mol. The molecule has 7 heteroatoms. The number of rotatable bonds is 7. The van der Waals surface area contributed by atoms with Gasteiger partial charge in [0.05, 0.1) is 5.75 Å². The van der Waals surface area contributed by atoms with Crippen LogP contribution in [0.1, 0.15) is 32.5 Å². The zero-order valence-corrected chi connectivity index (χ0v) is 13.4. The number of aromatic nitrogens is 2. The van der Waals surface area contributed by atoms with Crippen molar-refractivity contribution in [1.82, 2.24) is 9.97 Å². The Balaban J connectivity index is 2.81. The van der Waals surface area contributed by atoms with Gasteiger partial charge < -0.3 is 5.32 Å². The molecule has 1 aromatic rings. The first-order chi connectivity index (χ1) is 8.81. The number of nitrogens with one attached hydrogen (secondary N) is 1. The molecule has 0 bridgehead atoms. The van der Waals surface area contributed by atoms with Crippen LogP contribution < -0.4 is 5.32 Å². The molecular weight excluding hydrogens is 282 g/mol. The van der Waals surface area contributed by atoms with Crippen molar-refractivity contribution in [2.45, 2.75) is 31.7 Å². The molecule has 0 saturated carbocycles. The summed E-state index contributed by atoms with van der Waals surface area (Å²) in [6.45, 7) is 6.88. The van der Waals surface area contributed by atoms with Crippen LogP contribution >= 0.6 is 11.8 Å². The summed E-state index contributed by atoms with van der Waals surface area (Å²) in [7, 11) is -2.92. The van der Waals surface area contributed by atoms with Crippen molar-refractivity contribution in [1.29, 1.82) is 0 Å². The van der Waals surface area contributed by atoms with Crippen molar-refractivity contribution >= 4 is 27.4 Å². The number of thioether (sulfide) groups is 1. The van der Waals surface area contributed by atoms with Gasteiger partial charge in [-0.1, -0.05) is 13.8 Å². The fraction of sp³-hybridized carbons (Fsp3) is 0.667. The number of anilines is 1. The largest absolute Gasteiger partial charge is 0.370 e. The third-order valence-corrected chi connectivity index (χ3v) is 4.42. The quantitative estimate of drug-likeness (QED) is 0.615. The highest BCUT2D eigenvalue weighted by Gasteiger charge is 2.09. The van der Waals surface area contributed by atoms with Crippen LogP contribution in [0.5, 0.6) is 0 Å². The lowest BCUT2D eigenvalue weighted by molar-refractivity contribution is 0.603. The Bertz CT molecular complexity index is 516. The molecule has 1 N–H and O–H groups in total. The van der Waals surface area contributed by atoms with E-state index in [0.29, 0.717) is 5.75 Å². The number of sulfone groups is 1. The van der Waals surface area contributed by atoms with Crippen molar-refractivity contribution < 1.29 is 8.42 Å². The maximum absolute atomic E-state index is 11.1. The smallest absolute Gasteiger partial charge is 0.148 e. The van der Waals surface area contributed by atoms with E-state index in [0.717, 1.165) is 23.2 Å². The van der Waals surface area contributed by atoms with E-state index in [2.05, 4.69) is 15.3 Å². The summed E-state index contributed by atoms with van der Waals surface area (Å²) in [5.74, 6) is 2.49. The molecule has 0 atom stereocenters. The maximum atomic E-state index is 11.1. The topological polar surface area (TPSA) is 72.0 Å². The van der Waals surface area contributed by atoms with Crippen molar-refractivity contribution in [3.05, 3.63) is 11.9 Å². The lowest BCUT2D eigenvalue weighted by Gasteiger charge is -2.10. The highest BCUT2D eigenvalue weighted by Crippen LogP contribution is 2.21. The van der Waals surface area contributed by atoms with E-state index in [4.69, 9.17) is 0 Å². The molecule has 0 aliphatic heterocycles. The minimum absolute atomic E-state index is 0.162. The van der Waals surface area contributed by atoms with Crippen LogP contribution in [0.3, 0.4) is 0 Å². The van der Waals surface area contributed by atoms with E-state index in [-0.39, 0.29) is 11.7 Å². The Hall–Kier alpha value is -0.820. The van der Waals surface area contributed by atoms with Gasteiger partial charge in [-0.25, -0.2) is 18.4 Å². The van der Waals surface area contributed by atoms with Gasteiger partial charge in [-0.2, -0.15) is 0 Å². The van der Waals surface area contributed by atoms with Gasteiger partial charge in [-0.05, 0) is 6.92 Å². The first-order valence-electron chi connectivity index (χ1n) is 6.25. The molecule has 19 heavy (non-hydrogen) atoms. The van der Waals surface area contributed by atoms with E-state index in [9.17, 15) is 8.42 Å². The summed E-state index contributed by atoms with van der Waals surface area (Å²) in [5.41, 5.74) is 0. The molecular formula is C12H21N3O2S2. The lowest BCUT2D eigenvalue weighted by Crippen LogP contribution is -2.07. The van der Waals surface area contributed by atoms with Crippen molar-refractivity contribution in [2.24, 2.45) is 0 Å². The van der Waals surface area contributed by atoms with E-state index >= 15 is 0 Å². The van der Waals surface area contributed by atoms with Gasteiger partial charge in [-0.3, -0.25) is 0 Å². The molecule has 1 aromatic heterocycles. The summed E-state index contributed by atoms with van der Waals surface area (Å²) >= 11 is 1.45. The number of nitrogens with zero attached hydrogens (tertiary/aromatic N) is 2. The Morgan fingerprint density at radius 2 is 2.05 bits per heavy atom. The predicted octanol–water partition coefficient (Wildman–Crippen LogP) is 2.17. The third kappa shape index (κ3) is 6.24. The van der Waals surface area contributed by atoms with Gasteiger partial charge in [0.25, 0.3) is 0 Å². The zero-order valence-electron chi connectivity index (χ0n) is 11.8. The van der Waals surface area contributed by atoms with Gasteiger partial charge in [0, 0.05) is 30.5 Å². The molecule has 5 nitrogen and oxygen atoms in total. The zero-order chi connectivity index (χ0) is 14.5. The van der Waals surface area contributed by atoms with Gasteiger partial charge in [0.1, 0.15) is 26.5 Å². The Kier molecular flexibility index (Phi) is 6.06. The van der Waals surface area contributed by atoms with Crippen LogP contribution in [0.15, 0.2) is 11.1 Å². The van der Waals surface area contributed by atoms with E-state index in [1.54, 1.807) is 0 Å². The van der Waals surface area contributed by atoms with Crippen LogP contribution in [0.2, 0.25) is 0 Å². The highest BCUT2D eigenvalue weighted by molar-refractivity contribution is 8.00. The highest BCUT2D eigenvalue weighted by atomic mass is 32.2. The first-order valence-corrected chi connectivity index (χ1v) is 9.29. The monoisotopic (exact) mass is 303 g/mol. The average Bonchev–Trinajstić information content (AvgIpc) is 2.27. The van der Waals surface area contributed by atoms with Gasteiger partial charge in [0.15, 0.2) is 0 Å². The molecule has 0 fully saturated rings. The van der Waals surface area contributed by atoms with Crippen LogP contribution in [-0.2, 0) is 9.84 Å². The molecule has 0 amide bonds. The molecule has 0 aliphatic carbocycles. The van der Waals surface area contributed by atoms with Crippen molar-refractivity contribution in [3.63, 3.8) is 0 Å². The number of hydrogen-bond donors (Lipinski definition) is 1. The van der Waals surface area contributed by atoms with Crippen LogP contribution in [0.4, 0.5) is 5.82 Å². The van der Waals surface area contributed by atoms with Gasteiger partial charge >= 0.3 is 0 Å². The second-order valence-corrected chi connectivity index (χ2v) is 7.99. The number of hydrogen-bond acceptors (Lipinski definition) is 6. The molecule has 0 radical (unpaired) electrons. The SMILES string of the molecule is CCNc1cc(SCCS(C)(=O)=O)nc(C(C)C)n1. The average molecular weight is 303 g/mol. The fourth-order valence-corrected chi connectivity index (χ4v) is 3.45. The fourth-order valence-electron chi connectivity index (χ4n) is 1.34. The Labute approximate surface area is 119 Å². The normalized spacial score (nSPS) is 11.8. The third-order valence-electron chi connectivity index (χ3n) is 2.30. The molecule has 0 spiro atoms. The van der Waals surface area contributed by atoms with Crippen LogP contribution in [0.25, 0.3) is 0 Å². The standard InChI is InChI=1S/C12H21N3O2S2/c1-5-13-10-8-11(15-12(14-10)9(2)3)18-6-7-19(4,16)17/h8-9H,5-7H2,1-4H3,(H,13,14,15). The summed E-state index contributed by atoms with van der Waals surface area (Å²) < 4.78 is 22.2. The lowest BCUT2D eigenvalue weighted by atomic mass is 10.2. The van der Waals surface area contributed by atoms with Gasteiger partial charge in [0.2, 0.25) is 0 Å². The van der Waals surface area contributed by atoms with E-state index < -0.39 is 9.84 Å². The van der Waals surface area contributed by atoms with Crippen molar-refractivity contribution in [3.8, 4) is 0 Å². The molecule has 1 heterocycles. The minimum atomic E-state index is -2.92. The summed E-state index contributed by atoms with van der Waals surface area (Å²) in [5, 5.41) is 3.99. The molecule has 108 valence electrons. The summed E-state index contributed by atoms with van der Waals surface area (Å²) in [4.78, 5) is 8.88. The minimum Gasteiger partial charge on any atom is -0.370 e. The molecule has 1 rings (SSSR count). The molecule has 0 saturated heterocycles. The second kappa shape index (κ2) is 7.09. The maximum Gasteiger partial charge on any atom is 0.148 e. The van der Waals surface area contributed by atoms with E-state index in [1.807, 2.05) is 26.8 Å². The summed E-state index contributed by atoms with van der Waals surface area (Å²) in [6, 6.07) is 1.86. The first kappa shape index (κ1) is 16.2. The Morgan fingerprint density at radius 1 is 1.37 bits per heavy atom. The van der Waals surface area contributed by atoms with Gasteiger partial charge in [-0.15, -0.1) is 11.8 Å². The molecule has 0 aliphatic rings. The van der Waals surface area contributed by atoms with E-state index in [1.165, 1.54) is 18.0 Å². The van der Waals surface area contributed by atoms with Crippen molar-refractivity contribution in [2.75, 3.05) is 29.6 Å². The van der Waals surface area contributed by atoms with Crippen LogP contribution in [-0.4, -0.2) is 42.7 Å². The van der Waals surface area contributed by atoms with Crippen LogP contribution in [0, 0.1) is 0 Å². The summed E-state index contributed by atoms with van der Waals surface area (Å²) in [6.07, 6.45) is 1.25. The Morgan fingerprint density at radius 3 is 2.58 bits per heavy atom. The molecule has 0 aromatic carbocycles. The molecule has 0 unspecified atom stereocenters. The second-order valence-electron chi connectivity index (χ2n) is 4.61.